The van der Waals surface area contributed by atoms with E-state index in [4.69, 9.17) is 10.5 Å². The van der Waals surface area contributed by atoms with Gasteiger partial charge in [0, 0.05) is 20.6 Å². The van der Waals surface area contributed by atoms with Gasteiger partial charge in [-0.05, 0) is 14.1 Å². The molecule has 0 unspecified atom stereocenters. The molecule has 0 fully saturated rings. The van der Waals surface area contributed by atoms with Crippen LogP contribution in [0, 0.1) is 0 Å². The molecule has 0 saturated carbocycles. The molecule has 0 spiro atoms. The van der Waals surface area contributed by atoms with Gasteiger partial charge < -0.3 is 20.3 Å². The molecule has 16 heavy (non-hydrogen) atoms. The third-order valence-electron chi connectivity index (χ3n) is 1.79. The van der Waals surface area contributed by atoms with Crippen LogP contribution >= 0.6 is 0 Å². The maximum Gasteiger partial charge on any atom is 0.323 e. The minimum atomic E-state index is 0.165. The molecule has 0 amide bonds. The Hall–Kier alpha value is -1.63. The second-order valence-electron chi connectivity index (χ2n) is 3.82. The van der Waals surface area contributed by atoms with E-state index in [9.17, 15) is 0 Å². The molecule has 0 bridgehead atoms. The van der Waals surface area contributed by atoms with Gasteiger partial charge in [0.05, 0.1) is 0 Å². The first kappa shape index (κ1) is 12.4. The van der Waals surface area contributed by atoms with Crippen molar-refractivity contribution in [1.29, 1.82) is 0 Å². The molecule has 0 aliphatic heterocycles. The fourth-order valence-electron chi connectivity index (χ4n) is 0.945. The van der Waals surface area contributed by atoms with E-state index in [2.05, 4.69) is 15.0 Å². The number of anilines is 2. The summed E-state index contributed by atoms with van der Waals surface area (Å²) in [7, 11) is 7.60. The maximum absolute atomic E-state index is 5.55. The summed E-state index contributed by atoms with van der Waals surface area (Å²) in [4.78, 5) is 15.7. The summed E-state index contributed by atoms with van der Waals surface area (Å²) in [6.45, 7) is 1.31. The van der Waals surface area contributed by atoms with E-state index < -0.39 is 0 Å². The third kappa shape index (κ3) is 3.85. The number of nitrogen functional groups attached to an aromatic ring is 1. The zero-order chi connectivity index (χ0) is 12.1. The van der Waals surface area contributed by atoms with Crippen LogP contribution in [0.5, 0.6) is 6.01 Å². The van der Waals surface area contributed by atoms with Crippen LogP contribution in [-0.2, 0) is 0 Å². The monoisotopic (exact) mass is 226 g/mol. The second-order valence-corrected chi connectivity index (χ2v) is 3.82. The molecule has 0 aliphatic rings. The maximum atomic E-state index is 5.55. The van der Waals surface area contributed by atoms with Crippen molar-refractivity contribution in [2.75, 3.05) is 52.0 Å². The van der Waals surface area contributed by atoms with Crippen LogP contribution in [0.1, 0.15) is 0 Å². The van der Waals surface area contributed by atoms with Gasteiger partial charge in [0.1, 0.15) is 6.61 Å². The van der Waals surface area contributed by atoms with Crippen molar-refractivity contribution in [3.8, 4) is 6.01 Å². The summed E-state index contributed by atoms with van der Waals surface area (Å²) in [6.07, 6.45) is 0. The Morgan fingerprint density at radius 2 is 1.81 bits per heavy atom. The third-order valence-corrected chi connectivity index (χ3v) is 1.79. The number of hydrogen-bond donors (Lipinski definition) is 1. The van der Waals surface area contributed by atoms with Crippen molar-refractivity contribution in [3.63, 3.8) is 0 Å². The molecule has 0 atom stereocenters. The number of nitrogens with two attached hydrogens (primary N) is 1. The van der Waals surface area contributed by atoms with Crippen LogP contribution in [0.4, 0.5) is 11.9 Å². The van der Waals surface area contributed by atoms with Gasteiger partial charge >= 0.3 is 6.01 Å². The number of likely N-dealkylation sites (N-methyl/N-ethyl adjacent to an activating group) is 1. The van der Waals surface area contributed by atoms with E-state index in [-0.39, 0.29) is 12.0 Å². The van der Waals surface area contributed by atoms with E-state index in [0.29, 0.717) is 12.6 Å². The minimum absolute atomic E-state index is 0.165. The van der Waals surface area contributed by atoms with Gasteiger partial charge in [-0.15, -0.1) is 0 Å². The first-order chi connectivity index (χ1) is 7.49. The van der Waals surface area contributed by atoms with Gasteiger partial charge in [-0.3, -0.25) is 0 Å². The zero-order valence-corrected chi connectivity index (χ0v) is 10.1. The second kappa shape index (κ2) is 5.45. The van der Waals surface area contributed by atoms with Crippen molar-refractivity contribution < 1.29 is 4.74 Å². The number of ether oxygens (including phenoxy) is 1. The molecule has 1 aromatic heterocycles. The highest BCUT2D eigenvalue weighted by Crippen LogP contribution is 2.10. The number of rotatable bonds is 5. The van der Waals surface area contributed by atoms with Crippen LogP contribution in [0.3, 0.4) is 0 Å². The predicted octanol–water partition coefficient (Wildman–Crippen LogP) is -0.540. The van der Waals surface area contributed by atoms with Gasteiger partial charge in [0.2, 0.25) is 11.9 Å². The normalized spacial score (nSPS) is 10.6. The standard InChI is InChI=1S/C9H18N6O/c1-14(2)5-6-16-9-12-7(10)11-8(13-9)15(3)4/h5-6H2,1-4H3,(H2,10,11,12,13). The first-order valence-electron chi connectivity index (χ1n) is 4.95. The van der Waals surface area contributed by atoms with Crippen LogP contribution in [0.25, 0.3) is 0 Å². The molecule has 1 aromatic rings. The molecular weight excluding hydrogens is 208 g/mol. The average Bonchev–Trinajstić information content (AvgIpc) is 2.16. The molecular formula is C9H18N6O. The quantitative estimate of drug-likeness (QED) is 0.722. The van der Waals surface area contributed by atoms with E-state index in [1.807, 2.05) is 33.1 Å². The molecule has 1 rings (SSSR count). The summed E-state index contributed by atoms with van der Waals surface area (Å²) in [5, 5.41) is 0. The molecule has 1 heterocycles. The predicted molar refractivity (Wildman–Crippen MR) is 62.6 cm³/mol. The van der Waals surface area contributed by atoms with Gasteiger partial charge in [-0.1, -0.05) is 0 Å². The SMILES string of the molecule is CN(C)CCOc1nc(N)nc(N(C)C)n1. The Labute approximate surface area is 95.3 Å². The van der Waals surface area contributed by atoms with Crippen LogP contribution < -0.4 is 15.4 Å². The lowest BCUT2D eigenvalue weighted by Gasteiger charge is -2.13. The smallest absolute Gasteiger partial charge is 0.323 e. The van der Waals surface area contributed by atoms with Gasteiger partial charge in [-0.2, -0.15) is 15.0 Å². The molecule has 7 nitrogen and oxygen atoms in total. The van der Waals surface area contributed by atoms with E-state index >= 15 is 0 Å². The molecule has 0 aromatic carbocycles. The van der Waals surface area contributed by atoms with Crippen LogP contribution in [0.2, 0.25) is 0 Å². The lowest BCUT2D eigenvalue weighted by Crippen LogP contribution is -2.21. The minimum Gasteiger partial charge on any atom is -0.462 e. The number of aromatic nitrogens is 3. The van der Waals surface area contributed by atoms with Crippen LogP contribution in [0.15, 0.2) is 0 Å². The van der Waals surface area contributed by atoms with E-state index in [1.165, 1.54) is 0 Å². The Balaban J connectivity index is 2.65. The van der Waals surface area contributed by atoms with Crippen molar-refractivity contribution in [2.24, 2.45) is 0 Å². The van der Waals surface area contributed by atoms with Gasteiger partial charge in [0.15, 0.2) is 0 Å². The molecule has 90 valence electrons. The summed E-state index contributed by atoms with van der Waals surface area (Å²) >= 11 is 0. The van der Waals surface area contributed by atoms with Crippen molar-refractivity contribution >= 4 is 11.9 Å². The van der Waals surface area contributed by atoms with Crippen molar-refractivity contribution in [2.45, 2.75) is 0 Å². The molecule has 0 saturated heterocycles. The fraction of sp³-hybridized carbons (Fsp3) is 0.667. The molecule has 7 heteroatoms. The lowest BCUT2D eigenvalue weighted by molar-refractivity contribution is 0.245. The Morgan fingerprint density at radius 3 is 2.38 bits per heavy atom. The van der Waals surface area contributed by atoms with Gasteiger partial charge in [0.25, 0.3) is 0 Å². The highest BCUT2D eigenvalue weighted by Gasteiger charge is 2.06. The number of hydrogen-bond acceptors (Lipinski definition) is 7. The Kier molecular flexibility index (Phi) is 4.24. The summed E-state index contributed by atoms with van der Waals surface area (Å²) in [5.74, 6) is 0.658. The zero-order valence-electron chi connectivity index (χ0n) is 10.1. The Morgan fingerprint density at radius 1 is 1.12 bits per heavy atom. The summed E-state index contributed by atoms with van der Waals surface area (Å²) < 4.78 is 5.38. The van der Waals surface area contributed by atoms with Crippen molar-refractivity contribution in [3.05, 3.63) is 0 Å². The Bertz CT molecular complexity index is 341. The molecule has 0 radical (unpaired) electrons. The van der Waals surface area contributed by atoms with E-state index in [0.717, 1.165) is 6.54 Å². The first-order valence-corrected chi connectivity index (χ1v) is 4.95. The van der Waals surface area contributed by atoms with Gasteiger partial charge in [-0.25, -0.2) is 0 Å². The topological polar surface area (TPSA) is 80.4 Å². The fourth-order valence-corrected chi connectivity index (χ4v) is 0.945. The van der Waals surface area contributed by atoms with Crippen molar-refractivity contribution in [1.82, 2.24) is 19.9 Å². The number of nitrogens with zero attached hydrogens (tertiary/aromatic N) is 5. The highest BCUT2D eigenvalue weighted by molar-refractivity contribution is 5.33. The molecule has 0 aliphatic carbocycles. The molecule has 2 N–H and O–H groups in total. The highest BCUT2D eigenvalue weighted by atomic mass is 16.5. The average molecular weight is 226 g/mol. The van der Waals surface area contributed by atoms with E-state index in [1.54, 1.807) is 4.90 Å². The summed E-state index contributed by atoms with van der Waals surface area (Å²) in [6, 6.07) is 0.262. The lowest BCUT2D eigenvalue weighted by atomic mass is 10.6. The summed E-state index contributed by atoms with van der Waals surface area (Å²) in [5.41, 5.74) is 5.55. The largest absolute Gasteiger partial charge is 0.462 e. The van der Waals surface area contributed by atoms with Crippen LogP contribution in [-0.4, -0.2) is 61.2 Å².